The van der Waals surface area contributed by atoms with E-state index in [-0.39, 0.29) is 40.9 Å². The lowest BCUT2D eigenvalue weighted by molar-refractivity contribution is -0.134. The second-order valence-corrected chi connectivity index (χ2v) is 17.6. The van der Waals surface area contributed by atoms with Crippen molar-refractivity contribution in [3.8, 4) is 11.4 Å². The summed E-state index contributed by atoms with van der Waals surface area (Å²) >= 11 is 14.4. The molecule has 0 aliphatic heterocycles. The van der Waals surface area contributed by atoms with E-state index in [9.17, 15) is 18.0 Å². The summed E-state index contributed by atoms with van der Waals surface area (Å²) in [5.74, 6) is -0.911. The fraction of sp³-hybridized carbons (Fsp3) is 0.167. The lowest BCUT2D eigenvalue weighted by Crippen LogP contribution is -2.18. The molecule has 0 spiro atoms. The number of fused-ring (bicyclic) bond motifs is 2. The second kappa shape index (κ2) is 22.0. The third-order valence-electron chi connectivity index (χ3n) is 7.87. The van der Waals surface area contributed by atoms with Gasteiger partial charge in [0.15, 0.2) is 16.4 Å². The van der Waals surface area contributed by atoms with Gasteiger partial charge in [0, 0.05) is 18.3 Å². The molecule has 4 aromatic carbocycles. The van der Waals surface area contributed by atoms with E-state index in [1.54, 1.807) is 36.4 Å². The summed E-state index contributed by atoms with van der Waals surface area (Å²) in [5.41, 5.74) is 10.7. The van der Waals surface area contributed by atoms with E-state index in [1.807, 2.05) is 74.5 Å². The molecular weight excluding hydrogens is 880 g/mol. The van der Waals surface area contributed by atoms with Gasteiger partial charge in [-0.2, -0.15) is 4.98 Å². The molecular formula is C42H44Cl2N8O6S3. The van der Waals surface area contributed by atoms with Crippen molar-refractivity contribution in [2.45, 2.75) is 46.9 Å². The Hall–Kier alpha value is -5.98. The number of carboxylic acid groups (broad SMARTS) is 1. The number of nitrogen functional groups attached to an aromatic ring is 1. The molecule has 0 radical (unpaired) electrons. The predicted molar refractivity (Wildman–Crippen MR) is 251 cm³/mol. The summed E-state index contributed by atoms with van der Waals surface area (Å²) in [6.07, 6.45) is 2.76. The molecule has 8 aromatic rings. The van der Waals surface area contributed by atoms with Gasteiger partial charge in [-0.3, -0.25) is 23.5 Å². The number of nitrogens with zero attached hydrogens (tertiary/aromatic N) is 6. The number of hydrogen-bond acceptors (Lipinski definition) is 13. The van der Waals surface area contributed by atoms with Crippen LogP contribution < -0.4 is 22.2 Å². The highest BCUT2D eigenvalue weighted by molar-refractivity contribution is 7.93. The van der Waals surface area contributed by atoms with E-state index in [0.717, 1.165) is 29.6 Å². The minimum absolute atomic E-state index is 0. The quantitative estimate of drug-likeness (QED) is 0.133. The highest BCUT2D eigenvalue weighted by Gasteiger charge is 2.21. The van der Waals surface area contributed by atoms with Crippen LogP contribution in [0.5, 0.6) is 0 Å². The molecule has 320 valence electrons. The monoisotopic (exact) mass is 922 g/mol. The summed E-state index contributed by atoms with van der Waals surface area (Å²) in [4.78, 5) is 51.1. The van der Waals surface area contributed by atoms with Crippen molar-refractivity contribution in [3.63, 3.8) is 0 Å². The Morgan fingerprint density at radius 2 is 1.16 bits per heavy atom. The molecule has 8 rings (SSSR count). The zero-order valence-electron chi connectivity index (χ0n) is 31.8. The van der Waals surface area contributed by atoms with Gasteiger partial charge in [0.25, 0.3) is 17.1 Å². The minimum Gasteiger partial charge on any atom is -0.481 e. The van der Waals surface area contributed by atoms with E-state index >= 15 is 0 Å². The Labute approximate surface area is 370 Å². The van der Waals surface area contributed by atoms with Crippen molar-refractivity contribution >= 4 is 98.9 Å². The molecule has 0 fully saturated rings. The average molecular weight is 924 g/mol. The van der Waals surface area contributed by atoms with Crippen molar-refractivity contribution in [1.82, 2.24) is 29.1 Å². The number of para-hydroxylation sites is 2. The fourth-order valence-electron chi connectivity index (χ4n) is 4.88. The highest BCUT2D eigenvalue weighted by atomic mass is 35.5. The van der Waals surface area contributed by atoms with E-state index in [0.29, 0.717) is 36.9 Å². The molecule has 0 saturated carbocycles. The first-order chi connectivity index (χ1) is 28.1. The number of carboxylic acids is 1. The molecule has 0 bridgehead atoms. The summed E-state index contributed by atoms with van der Waals surface area (Å²) in [6.45, 7) is 6.68. The van der Waals surface area contributed by atoms with Crippen molar-refractivity contribution in [3.05, 3.63) is 152 Å². The van der Waals surface area contributed by atoms with Gasteiger partial charge < -0.3 is 16.2 Å². The lowest BCUT2D eigenvalue weighted by Gasteiger charge is -2.06. The molecule has 61 heavy (non-hydrogen) atoms. The lowest BCUT2D eigenvalue weighted by atomic mass is 10.2. The van der Waals surface area contributed by atoms with Crippen molar-refractivity contribution < 1.29 is 18.3 Å². The number of aromatic nitrogens is 6. The summed E-state index contributed by atoms with van der Waals surface area (Å²) in [5, 5.41) is 12.1. The molecule has 0 aliphatic carbocycles. The second-order valence-electron chi connectivity index (χ2n) is 12.4. The Balaban J connectivity index is 0.000000251. The largest absolute Gasteiger partial charge is 0.481 e. The predicted octanol–water partition coefficient (Wildman–Crippen LogP) is 9.78. The Morgan fingerprint density at radius 1 is 0.738 bits per heavy atom. The van der Waals surface area contributed by atoms with Crippen LogP contribution in [0.15, 0.2) is 124 Å². The third-order valence-corrected chi connectivity index (χ3v) is 12.7. The average Bonchev–Trinajstić information content (AvgIpc) is 3.85. The maximum Gasteiger partial charge on any atom is 0.300 e. The number of nitrogens with two attached hydrogens (primary N) is 1. The SMILES string of the molecule is C.C.CC(=O)O.CCS(=O)(=O)c1nc2ncn(-c3ccccc3Cl)c(=O)c2s1.Cc1ccc(N)cc1.Cc1ccc(Nc2nc3ncn(-c4ccccc4Cl)c(=O)c3s2)cc1. The molecule has 4 heterocycles. The molecule has 0 saturated heterocycles. The van der Waals surface area contributed by atoms with Crippen LogP contribution in [0.3, 0.4) is 0 Å². The number of anilines is 3. The highest BCUT2D eigenvalue weighted by Crippen LogP contribution is 2.27. The first-order valence-electron chi connectivity index (χ1n) is 17.4. The minimum atomic E-state index is -3.47. The van der Waals surface area contributed by atoms with Crippen molar-refractivity contribution in [2.75, 3.05) is 16.8 Å². The number of benzene rings is 4. The standard InChI is InChI=1S/C18H13ClN4OS.C13H10ClN3O3S2.C7H9N.C2H4O2.2CH4/c1-11-6-8-12(9-7-11)21-18-22-16-15(25-18)17(24)23(10-20-16)14-5-3-2-4-13(14)19;1-2-22(19,20)13-16-11-10(21-13)12(18)17(7-15-11)9-6-4-3-5-8(9)14;1-6-2-4-7(8)5-3-6;1-2(3)4;;/h2-10H,1H3,(H,21,22);3-7H,2H2,1H3;2-5H,8H2,1H3;1H3,(H,3,4);2*1H4. The van der Waals surface area contributed by atoms with Crippen LogP contribution >= 0.6 is 45.9 Å². The molecule has 14 nitrogen and oxygen atoms in total. The van der Waals surface area contributed by atoms with Gasteiger partial charge in [-0.25, -0.2) is 23.4 Å². The first-order valence-corrected chi connectivity index (χ1v) is 21.5. The summed E-state index contributed by atoms with van der Waals surface area (Å²) in [6, 6.07) is 29.8. The van der Waals surface area contributed by atoms with E-state index in [2.05, 4.69) is 25.3 Å². The Kier molecular flexibility index (Phi) is 17.8. The number of rotatable bonds is 6. The molecule has 0 aliphatic rings. The number of thiazole rings is 2. The maximum absolute atomic E-state index is 12.8. The van der Waals surface area contributed by atoms with Crippen LogP contribution in [-0.4, -0.2) is 54.3 Å². The van der Waals surface area contributed by atoms with Gasteiger partial charge in [-0.1, -0.05) is 127 Å². The number of carbonyl (C=O) groups is 1. The van der Waals surface area contributed by atoms with E-state index in [1.165, 1.54) is 51.2 Å². The van der Waals surface area contributed by atoms with Crippen molar-refractivity contribution in [2.24, 2.45) is 0 Å². The van der Waals surface area contributed by atoms with Crippen LogP contribution in [0.1, 0.15) is 39.8 Å². The smallest absolute Gasteiger partial charge is 0.300 e. The first kappa shape index (κ1) is 49.4. The van der Waals surface area contributed by atoms with Crippen molar-refractivity contribution in [1.29, 1.82) is 0 Å². The molecule has 19 heteroatoms. The number of sulfone groups is 1. The number of hydrogen-bond donors (Lipinski definition) is 3. The third kappa shape index (κ3) is 12.8. The van der Waals surface area contributed by atoms with Gasteiger partial charge in [-0.05, 0) is 62.4 Å². The van der Waals surface area contributed by atoms with Gasteiger partial charge in [0.05, 0.1) is 27.2 Å². The van der Waals surface area contributed by atoms with Gasteiger partial charge >= 0.3 is 0 Å². The zero-order valence-corrected chi connectivity index (χ0v) is 35.8. The number of halogens is 2. The van der Waals surface area contributed by atoms with E-state index < -0.39 is 21.4 Å². The Bertz CT molecular complexity index is 2950. The van der Waals surface area contributed by atoms with Gasteiger partial charge in [-0.15, -0.1) is 0 Å². The molecule has 0 atom stereocenters. The van der Waals surface area contributed by atoms with Crippen LogP contribution in [0.25, 0.3) is 32.1 Å². The summed E-state index contributed by atoms with van der Waals surface area (Å²) in [7, 11) is -3.47. The molecule has 4 aromatic heterocycles. The van der Waals surface area contributed by atoms with E-state index in [4.69, 9.17) is 38.8 Å². The topological polar surface area (TPSA) is 205 Å². The molecule has 0 unspecified atom stereocenters. The zero-order chi connectivity index (χ0) is 42.9. The molecule has 0 amide bonds. The van der Waals surface area contributed by atoms with Crippen LogP contribution in [-0.2, 0) is 14.6 Å². The van der Waals surface area contributed by atoms with Gasteiger partial charge in [0.2, 0.25) is 14.2 Å². The Morgan fingerprint density at radius 3 is 1.61 bits per heavy atom. The van der Waals surface area contributed by atoms with Crippen LogP contribution in [0, 0.1) is 13.8 Å². The van der Waals surface area contributed by atoms with Gasteiger partial charge in [0.1, 0.15) is 22.1 Å². The summed E-state index contributed by atoms with van der Waals surface area (Å²) < 4.78 is 27.1. The number of aliphatic carboxylic acids is 1. The fourth-order valence-corrected chi connectivity index (χ4v) is 8.47. The molecule has 4 N–H and O–H groups in total. The van der Waals surface area contributed by atoms with Crippen LogP contribution in [0.2, 0.25) is 10.0 Å². The normalized spacial score (nSPS) is 10.4. The van der Waals surface area contributed by atoms with Crippen LogP contribution in [0.4, 0.5) is 16.5 Å². The number of nitrogens with one attached hydrogen (secondary N) is 1. The maximum atomic E-state index is 12.8. The number of aryl methyl sites for hydroxylation is 2.